The summed E-state index contributed by atoms with van der Waals surface area (Å²) in [5.74, 6) is 0. The van der Waals surface area contributed by atoms with Crippen LogP contribution in [0.2, 0.25) is 0 Å². The smallest absolute Gasteiger partial charge is 0.410 e. The highest BCUT2D eigenvalue weighted by Gasteiger charge is 2.34. The van der Waals surface area contributed by atoms with Crippen molar-refractivity contribution in [3.8, 4) is 0 Å². The van der Waals surface area contributed by atoms with Crippen molar-refractivity contribution in [1.82, 2.24) is 4.90 Å². The van der Waals surface area contributed by atoms with E-state index >= 15 is 0 Å². The van der Waals surface area contributed by atoms with Crippen LogP contribution >= 0.6 is 15.9 Å². The van der Waals surface area contributed by atoms with Crippen LogP contribution in [-0.4, -0.2) is 45.7 Å². The Labute approximate surface area is 92.3 Å². The molecule has 1 heterocycles. The van der Waals surface area contributed by atoms with Crippen molar-refractivity contribution in [2.45, 2.75) is 37.3 Å². The van der Waals surface area contributed by atoms with Gasteiger partial charge in [-0.25, -0.2) is 4.79 Å². The Morgan fingerprint density at radius 3 is 2.43 bits per heavy atom. The molecule has 0 aromatic rings. The van der Waals surface area contributed by atoms with Crippen molar-refractivity contribution in [2.75, 3.05) is 13.1 Å². The predicted octanol–water partition coefficient (Wildman–Crippen LogP) is 1.36. The number of likely N-dealkylation sites (tertiary alicyclic amines) is 1. The average molecular weight is 266 g/mol. The van der Waals surface area contributed by atoms with E-state index in [1.165, 1.54) is 4.90 Å². The van der Waals surface area contributed by atoms with Crippen LogP contribution in [0, 0.1) is 0 Å². The Balaban J connectivity index is 2.48. The molecule has 0 aromatic carbocycles. The lowest BCUT2D eigenvalue weighted by Gasteiger charge is -2.24. The van der Waals surface area contributed by atoms with Gasteiger partial charge in [-0.15, -0.1) is 0 Å². The number of carbonyl (C=O) groups excluding carboxylic acids is 1. The second kappa shape index (κ2) is 4.06. The standard InChI is InChI=1S/C9H16BrNO3/c1-9(2,3)14-8(13)11-4-6(10)7(12)5-11/h6-7,12H,4-5H2,1-3H3/t6-,7+/m1/s1. The second-order valence-electron chi connectivity index (χ2n) is 4.47. The molecule has 0 unspecified atom stereocenters. The number of halogens is 1. The first-order valence-electron chi connectivity index (χ1n) is 4.59. The molecule has 0 aromatic heterocycles. The van der Waals surface area contributed by atoms with E-state index in [9.17, 15) is 9.90 Å². The van der Waals surface area contributed by atoms with Gasteiger partial charge in [-0.3, -0.25) is 0 Å². The average Bonchev–Trinajstić information content (AvgIpc) is 2.28. The number of β-amino-alcohol motifs (C(OH)–C–C–N with tert-alkyl or cyclic N) is 1. The Bertz CT molecular complexity index is 217. The van der Waals surface area contributed by atoms with Crippen LogP contribution in [0.3, 0.4) is 0 Å². The largest absolute Gasteiger partial charge is 0.444 e. The van der Waals surface area contributed by atoms with E-state index in [0.717, 1.165) is 0 Å². The van der Waals surface area contributed by atoms with Gasteiger partial charge < -0.3 is 14.7 Å². The summed E-state index contributed by atoms with van der Waals surface area (Å²) in [6.45, 7) is 6.30. The predicted molar refractivity (Wildman–Crippen MR) is 56.5 cm³/mol. The van der Waals surface area contributed by atoms with Crippen LogP contribution in [0.5, 0.6) is 0 Å². The van der Waals surface area contributed by atoms with E-state index in [4.69, 9.17) is 4.74 Å². The van der Waals surface area contributed by atoms with Crippen LogP contribution in [0.1, 0.15) is 20.8 Å². The van der Waals surface area contributed by atoms with Gasteiger partial charge in [0.1, 0.15) is 5.60 Å². The molecule has 1 aliphatic heterocycles. The molecule has 14 heavy (non-hydrogen) atoms. The molecule has 0 saturated carbocycles. The molecule has 2 atom stereocenters. The molecule has 0 radical (unpaired) electrons. The number of nitrogens with zero attached hydrogens (tertiary/aromatic N) is 1. The zero-order chi connectivity index (χ0) is 10.9. The maximum absolute atomic E-state index is 11.5. The number of hydrogen-bond donors (Lipinski definition) is 1. The normalized spacial score (nSPS) is 27.9. The molecule has 0 spiro atoms. The van der Waals surface area contributed by atoms with Crippen molar-refractivity contribution in [3.63, 3.8) is 0 Å². The molecular weight excluding hydrogens is 250 g/mol. The van der Waals surface area contributed by atoms with Gasteiger partial charge in [0.25, 0.3) is 0 Å². The third kappa shape index (κ3) is 3.13. The van der Waals surface area contributed by atoms with Gasteiger partial charge in [0, 0.05) is 6.54 Å². The number of alkyl halides is 1. The lowest BCUT2D eigenvalue weighted by atomic mass is 10.2. The molecule has 4 nitrogen and oxygen atoms in total. The lowest BCUT2D eigenvalue weighted by Crippen LogP contribution is -2.35. The summed E-state index contributed by atoms with van der Waals surface area (Å²) in [4.78, 5) is 13.0. The monoisotopic (exact) mass is 265 g/mol. The molecule has 82 valence electrons. The maximum Gasteiger partial charge on any atom is 0.410 e. The third-order valence-corrected chi connectivity index (χ3v) is 2.77. The number of aliphatic hydroxyl groups excluding tert-OH is 1. The molecule has 0 aliphatic carbocycles. The molecule has 0 bridgehead atoms. The van der Waals surface area contributed by atoms with Crippen LogP contribution < -0.4 is 0 Å². The van der Waals surface area contributed by atoms with Gasteiger partial charge in [0.05, 0.1) is 17.5 Å². The van der Waals surface area contributed by atoms with Gasteiger partial charge in [0.2, 0.25) is 0 Å². The molecule has 1 fully saturated rings. The van der Waals surface area contributed by atoms with Crippen molar-refractivity contribution < 1.29 is 14.6 Å². The van der Waals surface area contributed by atoms with Crippen LogP contribution in [0.15, 0.2) is 0 Å². The van der Waals surface area contributed by atoms with E-state index in [0.29, 0.717) is 13.1 Å². The lowest BCUT2D eigenvalue weighted by molar-refractivity contribution is 0.0270. The van der Waals surface area contributed by atoms with E-state index in [1.54, 1.807) is 0 Å². The van der Waals surface area contributed by atoms with Gasteiger partial charge in [0.15, 0.2) is 0 Å². The Morgan fingerprint density at radius 1 is 1.50 bits per heavy atom. The summed E-state index contributed by atoms with van der Waals surface area (Å²) < 4.78 is 5.17. The van der Waals surface area contributed by atoms with Crippen LogP contribution in [-0.2, 0) is 4.74 Å². The zero-order valence-electron chi connectivity index (χ0n) is 8.66. The number of hydrogen-bond acceptors (Lipinski definition) is 3. The number of rotatable bonds is 0. The van der Waals surface area contributed by atoms with Crippen molar-refractivity contribution >= 4 is 22.0 Å². The highest BCUT2D eigenvalue weighted by Crippen LogP contribution is 2.19. The van der Waals surface area contributed by atoms with Gasteiger partial charge in [-0.2, -0.15) is 0 Å². The SMILES string of the molecule is CC(C)(C)OC(=O)N1C[C@@H](Br)[C@@H](O)C1. The summed E-state index contributed by atoms with van der Waals surface area (Å²) in [6.07, 6.45) is -0.860. The van der Waals surface area contributed by atoms with Crippen molar-refractivity contribution in [3.05, 3.63) is 0 Å². The fraction of sp³-hybridized carbons (Fsp3) is 0.889. The fourth-order valence-electron chi connectivity index (χ4n) is 1.22. The first-order valence-corrected chi connectivity index (χ1v) is 5.51. The molecule has 1 N–H and O–H groups in total. The van der Waals surface area contributed by atoms with E-state index in [2.05, 4.69) is 15.9 Å². The molecular formula is C9H16BrNO3. The Hall–Kier alpha value is -0.290. The summed E-state index contributed by atoms with van der Waals surface area (Å²) in [5, 5.41) is 9.42. The summed E-state index contributed by atoms with van der Waals surface area (Å²) >= 11 is 3.29. The first-order chi connectivity index (χ1) is 6.29. The van der Waals surface area contributed by atoms with Gasteiger partial charge in [-0.1, -0.05) is 15.9 Å². The molecule has 1 amide bonds. The first kappa shape index (κ1) is 11.8. The zero-order valence-corrected chi connectivity index (χ0v) is 10.2. The maximum atomic E-state index is 11.5. The van der Waals surface area contributed by atoms with Gasteiger partial charge >= 0.3 is 6.09 Å². The molecule has 1 saturated heterocycles. The fourth-order valence-corrected chi connectivity index (χ4v) is 1.74. The van der Waals surface area contributed by atoms with E-state index < -0.39 is 11.7 Å². The summed E-state index contributed by atoms with van der Waals surface area (Å²) in [7, 11) is 0. The summed E-state index contributed by atoms with van der Waals surface area (Å²) in [6, 6.07) is 0. The number of ether oxygens (including phenoxy) is 1. The van der Waals surface area contributed by atoms with Crippen molar-refractivity contribution in [1.29, 1.82) is 0 Å². The molecule has 1 rings (SSSR count). The molecule has 5 heteroatoms. The topological polar surface area (TPSA) is 49.8 Å². The van der Waals surface area contributed by atoms with Gasteiger partial charge in [-0.05, 0) is 20.8 Å². The minimum Gasteiger partial charge on any atom is -0.444 e. The van der Waals surface area contributed by atoms with Crippen LogP contribution in [0.4, 0.5) is 4.79 Å². The minimum absolute atomic E-state index is 0.0463. The quantitative estimate of drug-likeness (QED) is 0.673. The summed E-state index contributed by atoms with van der Waals surface area (Å²) in [5.41, 5.74) is -0.480. The Morgan fingerprint density at radius 2 is 2.07 bits per heavy atom. The Kier molecular flexibility index (Phi) is 3.42. The minimum atomic E-state index is -0.498. The van der Waals surface area contributed by atoms with E-state index in [1.807, 2.05) is 20.8 Å². The number of carbonyl (C=O) groups is 1. The third-order valence-electron chi connectivity index (χ3n) is 1.87. The second-order valence-corrected chi connectivity index (χ2v) is 5.64. The highest BCUT2D eigenvalue weighted by atomic mass is 79.9. The number of aliphatic hydroxyl groups is 1. The van der Waals surface area contributed by atoms with E-state index in [-0.39, 0.29) is 10.9 Å². The molecule has 1 aliphatic rings. The van der Waals surface area contributed by atoms with Crippen LogP contribution in [0.25, 0.3) is 0 Å². The van der Waals surface area contributed by atoms with Crippen molar-refractivity contribution in [2.24, 2.45) is 0 Å². The highest BCUT2D eigenvalue weighted by molar-refractivity contribution is 9.09. The number of amides is 1.